The van der Waals surface area contributed by atoms with E-state index in [2.05, 4.69) is 10.6 Å². The Kier molecular flexibility index (Phi) is 6.44. The summed E-state index contributed by atoms with van der Waals surface area (Å²) in [7, 11) is 1.66. The van der Waals surface area contributed by atoms with Gasteiger partial charge in [0.1, 0.15) is 0 Å². The minimum atomic E-state index is -0.304. The SMILES string of the molecule is COCc1ccc(CNC(=O)Nc2cccc(C(=O)N3CCCC3)c2)cc1. The normalized spacial score (nSPS) is 13.4. The summed E-state index contributed by atoms with van der Waals surface area (Å²) < 4.78 is 5.08. The number of ether oxygens (including phenoxy) is 1. The van der Waals surface area contributed by atoms with Gasteiger partial charge in [-0.05, 0) is 42.2 Å². The number of benzene rings is 2. The molecule has 1 fully saturated rings. The van der Waals surface area contributed by atoms with Gasteiger partial charge in [0.25, 0.3) is 5.91 Å². The van der Waals surface area contributed by atoms with Crippen molar-refractivity contribution in [3.8, 4) is 0 Å². The maximum atomic E-state index is 12.5. The van der Waals surface area contributed by atoms with E-state index in [1.165, 1.54) is 0 Å². The first-order valence-electron chi connectivity index (χ1n) is 9.16. The summed E-state index contributed by atoms with van der Waals surface area (Å²) in [6.07, 6.45) is 2.11. The summed E-state index contributed by atoms with van der Waals surface area (Å²) in [6, 6.07) is 14.6. The van der Waals surface area contributed by atoms with Gasteiger partial charge in [0.15, 0.2) is 0 Å². The molecule has 0 unspecified atom stereocenters. The zero-order chi connectivity index (χ0) is 19.1. The lowest BCUT2D eigenvalue weighted by Gasteiger charge is -2.16. The van der Waals surface area contributed by atoms with E-state index in [0.29, 0.717) is 24.4 Å². The number of nitrogens with one attached hydrogen (secondary N) is 2. The molecule has 2 aromatic rings. The van der Waals surface area contributed by atoms with Gasteiger partial charge in [-0.15, -0.1) is 0 Å². The highest BCUT2D eigenvalue weighted by molar-refractivity contribution is 5.97. The minimum absolute atomic E-state index is 0.0210. The molecule has 1 aliphatic rings. The van der Waals surface area contributed by atoms with Crippen LogP contribution in [0.2, 0.25) is 0 Å². The summed E-state index contributed by atoms with van der Waals surface area (Å²) in [5, 5.41) is 5.61. The Hall–Kier alpha value is -2.86. The number of likely N-dealkylation sites (tertiary alicyclic amines) is 1. The van der Waals surface area contributed by atoms with Crippen LogP contribution in [0.4, 0.5) is 10.5 Å². The molecule has 142 valence electrons. The predicted octanol–water partition coefficient (Wildman–Crippen LogP) is 3.39. The molecule has 1 aliphatic heterocycles. The number of rotatable bonds is 6. The van der Waals surface area contributed by atoms with Crippen LogP contribution in [0.1, 0.15) is 34.3 Å². The van der Waals surface area contributed by atoms with E-state index in [0.717, 1.165) is 37.1 Å². The molecular weight excluding hydrogens is 342 g/mol. The largest absolute Gasteiger partial charge is 0.380 e. The van der Waals surface area contributed by atoms with Crippen molar-refractivity contribution in [1.82, 2.24) is 10.2 Å². The number of anilines is 1. The number of amides is 3. The molecule has 6 nitrogen and oxygen atoms in total. The summed E-state index contributed by atoms with van der Waals surface area (Å²) in [6.45, 7) is 2.60. The molecule has 0 bridgehead atoms. The summed E-state index contributed by atoms with van der Waals surface area (Å²) in [5.41, 5.74) is 3.30. The smallest absolute Gasteiger partial charge is 0.319 e. The molecule has 1 saturated heterocycles. The lowest BCUT2D eigenvalue weighted by molar-refractivity contribution is 0.0793. The minimum Gasteiger partial charge on any atom is -0.380 e. The second-order valence-electron chi connectivity index (χ2n) is 6.64. The fourth-order valence-corrected chi connectivity index (χ4v) is 3.11. The standard InChI is InChI=1S/C21H25N3O3/c1-27-15-17-9-7-16(8-10-17)14-22-21(26)23-19-6-4-5-18(13-19)20(25)24-11-2-3-12-24/h4-10,13H,2-3,11-12,14-15H2,1H3,(H2,22,23,26). The topological polar surface area (TPSA) is 70.7 Å². The lowest BCUT2D eigenvalue weighted by Crippen LogP contribution is -2.29. The first-order valence-corrected chi connectivity index (χ1v) is 9.16. The highest BCUT2D eigenvalue weighted by atomic mass is 16.5. The Bertz CT molecular complexity index is 784. The van der Waals surface area contributed by atoms with Crippen LogP contribution in [0.5, 0.6) is 0 Å². The van der Waals surface area contributed by atoms with Crippen molar-refractivity contribution in [3.63, 3.8) is 0 Å². The van der Waals surface area contributed by atoms with Gasteiger partial charge < -0.3 is 20.3 Å². The van der Waals surface area contributed by atoms with Crippen molar-refractivity contribution in [3.05, 3.63) is 65.2 Å². The van der Waals surface area contributed by atoms with E-state index in [1.54, 1.807) is 31.4 Å². The van der Waals surface area contributed by atoms with Crippen LogP contribution < -0.4 is 10.6 Å². The molecular formula is C21H25N3O3. The summed E-state index contributed by atoms with van der Waals surface area (Å²) in [4.78, 5) is 26.5. The third-order valence-electron chi connectivity index (χ3n) is 4.55. The van der Waals surface area contributed by atoms with Gasteiger partial charge in [-0.1, -0.05) is 30.3 Å². The van der Waals surface area contributed by atoms with Crippen molar-refractivity contribution in [2.75, 3.05) is 25.5 Å². The number of methoxy groups -OCH3 is 1. The average molecular weight is 367 g/mol. The summed E-state index contributed by atoms with van der Waals surface area (Å²) in [5.74, 6) is 0.0210. The molecule has 0 radical (unpaired) electrons. The van der Waals surface area contributed by atoms with Crippen molar-refractivity contribution in [2.24, 2.45) is 0 Å². The van der Waals surface area contributed by atoms with Gasteiger partial charge in [-0.3, -0.25) is 4.79 Å². The molecule has 0 spiro atoms. The van der Waals surface area contributed by atoms with Crippen LogP contribution in [0.15, 0.2) is 48.5 Å². The van der Waals surface area contributed by atoms with E-state index >= 15 is 0 Å². The molecule has 27 heavy (non-hydrogen) atoms. The first-order chi connectivity index (χ1) is 13.2. The Balaban J connectivity index is 1.53. The third kappa shape index (κ3) is 5.31. The van der Waals surface area contributed by atoms with E-state index < -0.39 is 0 Å². The van der Waals surface area contributed by atoms with Crippen molar-refractivity contribution in [2.45, 2.75) is 26.0 Å². The fourth-order valence-electron chi connectivity index (χ4n) is 3.11. The number of urea groups is 1. The molecule has 0 atom stereocenters. The third-order valence-corrected chi connectivity index (χ3v) is 4.55. The van der Waals surface area contributed by atoms with E-state index in [-0.39, 0.29) is 11.9 Å². The van der Waals surface area contributed by atoms with Crippen molar-refractivity contribution < 1.29 is 14.3 Å². The Labute approximate surface area is 159 Å². The maximum absolute atomic E-state index is 12.5. The fraction of sp³-hybridized carbons (Fsp3) is 0.333. The molecule has 3 rings (SSSR count). The number of nitrogens with zero attached hydrogens (tertiary/aromatic N) is 1. The highest BCUT2D eigenvalue weighted by Crippen LogP contribution is 2.16. The molecule has 3 amide bonds. The predicted molar refractivity (Wildman–Crippen MR) is 105 cm³/mol. The Morgan fingerprint density at radius 1 is 1.04 bits per heavy atom. The zero-order valence-corrected chi connectivity index (χ0v) is 15.5. The van der Waals surface area contributed by atoms with Gasteiger partial charge in [-0.25, -0.2) is 4.79 Å². The molecule has 2 aromatic carbocycles. The quantitative estimate of drug-likeness (QED) is 0.822. The first kappa shape index (κ1) is 18.9. The zero-order valence-electron chi connectivity index (χ0n) is 15.5. The van der Waals surface area contributed by atoms with Crippen LogP contribution in [0, 0.1) is 0 Å². The molecule has 1 heterocycles. The second kappa shape index (κ2) is 9.19. The molecule has 6 heteroatoms. The lowest BCUT2D eigenvalue weighted by atomic mass is 10.1. The number of carbonyl (C=O) groups excluding carboxylic acids is 2. The van der Waals surface area contributed by atoms with E-state index in [4.69, 9.17) is 4.74 Å². The molecule has 0 aromatic heterocycles. The van der Waals surface area contributed by atoms with E-state index in [9.17, 15) is 9.59 Å². The Morgan fingerprint density at radius 2 is 1.74 bits per heavy atom. The number of hydrogen-bond donors (Lipinski definition) is 2. The van der Waals surface area contributed by atoms with Gasteiger partial charge in [0.2, 0.25) is 0 Å². The second-order valence-corrected chi connectivity index (χ2v) is 6.64. The van der Waals surface area contributed by atoms with Crippen LogP contribution in [-0.2, 0) is 17.9 Å². The maximum Gasteiger partial charge on any atom is 0.319 e. The van der Waals surface area contributed by atoms with Crippen LogP contribution >= 0.6 is 0 Å². The summed E-state index contributed by atoms with van der Waals surface area (Å²) >= 11 is 0. The number of hydrogen-bond acceptors (Lipinski definition) is 3. The van der Waals surface area contributed by atoms with Crippen molar-refractivity contribution in [1.29, 1.82) is 0 Å². The highest BCUT2D eigenvalue weighted by Gasteiger charge is 2.19. The van der Waals surface area contributed by atoms with E-state index in [1.807, 2.05) is 29.2 Å². The Morgan fingerprint density at radius 3 is 2.44 bits per heavy atom. The molecule has 0 aliphatic carbocycles. The molecule has 2 N–H and O–H groups in total. The van der Waals surface area contributed by atoms with Gasteiger partial charge in [0, 0.05) is 38.0 Å². The molecule has 0 saturated carbocycles. The number of carbonyl (C=O) groups is 2. The van der Waals surface area contributed by atoms with Gasteiger partial charge >= 0.3 is 6.03 Å². The van der Waals surface area contributed by atoms with Crippen molar-refractivity contribution >= 4 is 17.6 Å². The van der Waals surface area contributed by atoms with Gasteiger partial charge in [0.05, 0.1) is 6.61 Å². The monoisotopic (exact) mass is 367 g/mol. The van der Waals surface area contributed by atoms with Crippen LogP contribution in [-0.4, -0.2) is 37.0 Å². The van der Waals surface area contributed by atoms with Crippen LogP contribution in [0.3, 0.4) is 0 Å². The van der Waals surface area contributed by atoms with Crippen LogP contribution in [0.25, 0.3) is 0 Å². The van der Waals surface area contributed by atoms with Gasteiger partial charge in [-0.2, -0.15) is 0 Å². The average Bonchev–Trinajstić information content (AvgIpc) is 3.22.